The van der Waals surface area contributed by atoms with Crippen LogP contribution < -0.4 is 9.80 Å². The number of para-hydroxylation sites is 1. The van der Waals surface area contributed by atoms with Crippen molar-refractivity contribution in [2.45, 2.75) is 19.0 Å². The number of rotatable bonds is 6. The number of amides is 1. The van der Waals surface area contributed by atoms with Gasteiger partial charge in [-0.15, -0.1) is 0 Å². The van der Waals surface area contributed by atoms with Gasteiger partial charge in [0.1, 0.15) is 6.54 Å². The van der Waals surface area contributed by atoms with Gasteiger partial charge in [0.15, 0.2) is 16.4 Å². The second-order valence-electron chi connectivity index (χ2n) is 7.09. The number of hydrogen-bond donors (Lipinski definition) is 1. The molecule has 0 aliphatic carbocycles. The van der Waals surface area contributed by atoms with Crippen molar-refractivity contribution < 1.29 is 18.1 Å². The first-order valence-corrected chi connectivity index (χ1v) is 11.2. The Bertz CT molecular complexity index is 885. The van der Waals surface area contributed by atoms with Crippen LogP contribution in [0.5, 0.6) is 0 Å². The molecule has 1 unspecified atom stereocenters. The van der Waals surface area contributed by atoms with Crippen LogP contribution in [0.4, 0.5) is 5.69 Å². The van der Waals surface area contributed by atoms with Gasteiger partial charge in [0.05, 0.1) is 24.6 Å². The average molecular weight is 408 g/mol. The Kier molecular flexibility index (Phi) is 6.19. The molecule has 5 nitrogen and oxygen atoms in total. The van der Waals surface area contributed by atoms with Crippen LogP contribution in [0, 0.1) is 0 Å². The number of anilines is 1. The maximum absolute atomic E-state index is 13.1. The number of carbonyl (C=O) groups excluding carboxylic acids is 1. The fourth-order valence-corrected chi connectivity index (χ4v) is 5.31. The monoisotopic (exact) mass is 407 g/mol. The number of likely N-dealkylation sites (N-methyl/N-ethyl adjacent to an activating group) is 1. The lowest BCUT2D eigenvalue weighted by molar-refractivity contribution is -0.885. The van der Waals surface area contributed by atoms with Crippen LogP contribution >= 0.6 is 11.6 Å². The summed E-state index contributed by atoms with van der Waals surface area (Å²) in [5.74, 6) is 0.112. The molecule has 0 radical (unpaired) electrons. The highest BCUT2D eigenvalue weighted by Crippen LogP contribution is 2.24. The van der Waals surface area contributed by atoms with E-state index in [0.29, 0.717) is 18.0 Å². The number of carbonyl (C=O) groups is 1. The summed E-state index contributed by atoms with van der Waals surface area (Å²) in [5, 5.41) is 0.685. The van der Waals surface area contributed by atoms with E-state index in [1.807, 2.05) is 61.6 Å². The summed E-state index contributed by atoms with van der Waals surface area (Å²) in [4.78, 5) is 15.8. The van der Waals surface area contributed by atoms with Crippen LogP contribution in [0.25, 0.3) is 0 Å². The smallest absolute Gasteiger partial charge is 0.282 e. The highest BCUT2D eigenvalue weighted by molar-refractivity contribution is 7.91. The SMILES string of the molecule is C[NH+](CC(=O)N(c1ccccc1)[C@@H]1CCS(=O)(=O)C1)Cc1ccc(Cl)cc1. The fourth-order valence-electron chi connectivity index (χ4n) is 3.48. The third kappa shape index (κ3) is 5.31. The number of benzene rings is 2. The average Bonchev–Trinajstić information content (AvgIpc) is 2.97. The van der Waals surface area contributed by atoms with E-state index in [4.69, 9.17) is 11.6 Å². The first kappa shape index (κ1) is 19.9. The van der Waals surface area contributed by atoms with E-state index in [0.717, 1.165) is 16.2 Å². The number of sulfone groups is 1. The zero-order valence-corrected chi connectivity index (χ0v) is 16.8. The summed E-state index contributed by atoms with van der Waals surface area (Å²) in [7, 11) is -1.12. The van der Waals surface area contributed by atoms with E-state index in [1.54, 1.807) is 4.90 Å². The van der Waals surface area contributed by atoms with E-state index in [1.165, 1.54) is 0 Å². The molecule has 2 atom stereocenters. The van der Waals surface area contributed by atoms with Crippen molar-refractivity contribution in [1.82, 2.24) is 0 Å². The largest absolute Gasteiger partial charge is 0.326 e. The lowest BCUT2D eigenvalue weighted by Gasteiger charge is -2.29. The summed E-state index contributed by atoms with van der Waals surface area (Å²) < 4.78 is 23.9. The van der Waals surface area contributed by atoms with Crippen LogP contribution in [0.3, 0.4) is 0 Å². The Balaban J connectivity index is 1.73. The molecule has 27 heavy (non-hydrogen) atoms. The zero-order valence-electron chi connectivity index (χ0n) is 15.3. The first-order valence-electron chi connectivity index (χ1n) is 8.97. The lowest BCUT2D eigenvalue weighted by Crippen LogP contribution is -3.09. The van der Waals surface area contributed by atoms with E-state index < -0.39 is 9.84 Å². The van der Waals surface area contributed by atoms with Gasteiger partial charge < -0.3 is 9.80 Å². The molecule has 7 heteroatoms. The second-order valence-corrected chi connectivity index (χ2v) is 9.76. The number of quaternary nitrogens is 1. The predicted octanol–water partition coefficient (Wildman–Crippen LogP) is 1.58. The molecule has 1 aliphatic rings. The van der Waals surface area contributed by atoms with Crippen LogP contribution in [0.1, 0.15) is 12.0 Å². The van der Waals surface area contributed by atoms with E-state index in [2.05, 4.69) is 0 Å². The molecular formula is C20H24ClN2O3S+. The second kappa shape index (κ2) is 8.42. The van der Waals surface area contributed by atoms with Gasteiger partial charge in [-0.2, -0.15) is 0 Å². The van der Waals surface area contributed by atoms with E-state index in [9.17, 15) is 13.2 Å². The Labute approximate surface area is 165 Å². The van der Waals surface area contributed by atoms with Crippen molar-refractivity contribution in [3.63, 3.8) is 0 Å². The van der Waals surface area contributed by atoms with Crippen molar-refractivity contribution >= 4 is 33.0 Å². The van der Waals surface area contributed by atoms with Gasteiger partial charge >= 0.3 is 0 Å². The first-order chi connectivity index (χ1) is 12.8. The normalized spacial score (nSPS) is 19.6. The maximum atomic E-state index is 13.1. The number of nitrogens with zero attached hydrogens (tertiary/aromatic N) is 1. The van der Waals surface area contributed by atoms with Crippen molar-refractivity contribution in [1.29, 1.82) is 0 Å². The minimum absolute atomic E-state index is 0.0316. The molecule has 1 saturated heterocycles. The Morgan fingerprint density at radius 3 is 2.41 bits per heavy atom. The molecule has 1 aliphatic heterocycles. The molecule has 1 fully saturated rings. The van der Waals surface area contributed by atoms with Gasteiger partial charge in [-0.3, -0.25) is 4.79 Å². The van der Waals surface area contributed by atoms with Crippen molar-refractivity contribution in [2.24, 2.45) is 0 Å². The third-order valence-electron chi connectivity index (χ3n) is 4.75. The molecule has 2 aromatic carbocycles. The fraction of sp³-hybridized carbons (Fsp3) is 0.350. The quantitative estimate of drug-likeness (QED) is 0.790. The number of nitrogens with one attached hydrogen (secondary N) is 1. The molecule has 1 heterocycles. The van der Waals surface area contributed by atoms with E-state index in [-0.39, 0.29) is 30.0 Å². The molecule has 0 bridgehead atoms. The molecule has 0 saturated carbocycles. The molecule has 144 valence electrons. The zero-order chi connectivity index (χ0) is 19.4. The predicted molar refractivity (Wildman–Crippen MR) is 108 cm³/mol. The topological polar surface area (TPSA) is 58.9 Å². The molecule has 1 N–H and O–H groups in total. The van der Waals surface area contributed by atoms with Gasteiger partial charge in [0.2, 0.25) is 0 Å². The Morgan fingerprint density at radius 2 is 1.81 bits per heavy atom. The maximum Gasteiger partial charge on any atom is 0.282 e. The standard InChI is InChI=1S/C20H23ClN2O3S/c1-22(13-16-7-9-17(21)10-8-16)14-20(24)23(18-5-3-2-4-6-18)19-11-12-27(25,26)15-19/h2-10,19H,11-15H2,1H3/p+1/t19-/m1/s1. The van der Waals surface area contributed by atoms with Gasteiger partial charge in [0, 0.05) is 16.3 Å². The summed E-state index contributed by atoms with van der Waals surface area (Å²) in [6, 6.07) is 16.6. The number of hydrogen-bond acceptors (Lipinski definition) is 3. The minimum atomic E-state index is -3.08. The highest BCUT2D eigenvalue weighted by atomic mass is 35.5. The molecule has 0 spiro atoms. The minimum Gasteiger partial charge on any atom is -0.326 e. The third-order valence-corrected chi connectivity index (χ3v) is 6.75. The van der Waals surface area contributed by atoms with Crippen LogP contribution in [-0.2, 0) is 21.2 Å². The summed E-state index contributed by atoms with van der Waals surface area (Å²) in [6.45, 7) is 0.975. The molecular weight excluding hydrogens is 384 g/mol. The highest BCUT2D eigenvalue weighted by Gasteiger charge is 2.36. The summed E-state index contributed by atoms with van der Waals surface area (Å²) in [5.41, 5.74) is 1.85. The van der Waals surface area contributed by atoms with Gasteiger partial charge in [-0.25, -0.2) is 8.42 Å². The van der Waals surface area contributed by atoms with Gasteiger partial charge in [-0.05, 0) is 30.7 Å². The van der Waals surface area contributed by atoms with Crippen LogP contribution in [0.2, 0.25) is 5.02 Å². The number of halogens is 1. The summed E-state index contributed by atoms with van der Waals surface area (Å²) in [6.07, 6.45) is 0.485. The van der Waals surface area contributed by atoms with Crippen LogP contribution in [-0.4, -0.2) is 45.5 Å². The van der Waals surface area contributed by atoms with Crippen molar-refractivity contribution in [3.05, 3.63) is 65.2 Å². The lowest BCUT2D eigenvalue weighted by atomic mass is 10.1. The van der Waals surface area contributed by atoms with Crippen molar-refractivity contribution in [2.75, 3.05) is 30.0 Å². The van der Waals surface area contributed by atoms with Crippen LogP contribution in [0.15, 0.2) is 54.6 Å². The Morgan fingerprint density at radius 1 is 1.15 bits per heavy atom. The Hall–Kier alpha value is -1.89. The van der Waals surface area contributed by atoms with Crippen molar-refractivity contribution in [3.8, 4) is 0 Å². The molecule has 2 aromatic rings. The molecule has 3 rings (SSSR count). The molecule has 0 aromatic heterocycles. The van der Waals surface area contributed by atoms with Gasteiger partial charge in [0.25, 0.3) is 5.91 Å². The van der Waals surface area contributed by atoms with Gasteiger partial charge in [-0.1, -0.05) is 41.9 Å². The molecule has 1 amide bonds. The van der Waals surface area contributed by atoms with E-state index >= 15 is 0 Å². The summed E-state index contributed by atoms with van der Waals surface area (Å²) >= 11 is 5.92.